The summed E-state index contributed by atoms with van der Waals surface area (Å²) in [6, 6.07) is 10.4. The highest BCUT2D eigenvalue weighted by atomic mass is 19.1. The van der Waals surface area contributed by atoms with Crippen LogP contribution in [0.4, 0.5) is 4.39 Å². The molecule has 0 radical (unpaired) electrons. The van der Waals surface area contributed by atoms with Crippen LogP contribution in [0, 0.1) is 0 Å². The number of halogens is 1. The molecule has 0 amide bonds. The van der Waals surface area contributed by atoms with Gasteiger partial charge in [0.15, 0.2) is 0 Å². The number of hydrogen-bond donors (Lipinski definition) is 0. The van der Waals surface area contributed by atoms with Gasteiger partial charge >= 0.3 is 0 Å². The van der Waals surface area contributed by atoms with Crippen molar-refractivity contribution < 1.29 is 8.96 Å². The molecule has 1 aromatic heterocycles. The number of imidazole rings is 1. The van der Waals surface area contributed by atoms with Crippen molar-refractivity contribution in [1.29, 1.82) is 0 Å². The van der Waals surface area contributed by atoms with Crippen LogP contribution in [0.3, 0.4) is 0 Å². The van der Waals surface area contributed by atoms with Crippen molar-refractivity contribution in [2.75, 3.05) is 0 Å². The minimum Gasteiger partial charge on any atom is -0.248 e. The first kappa shape index (κ1) is 17.4. The minimum absolute atomic E-state index is 0.667. The second-order valence-electron chi connectivity index (χ2n) is 4.22. The number of rotatable bonds is 1. The molecule has 1 aromatic carbocycles. The van der Waals surface area contributed by atoms with Crippen LogP contribution in [0.25, 0.3) is 11.4 Å². The predicted octanol–water partition coefficient (Wildman–Crippen LogP) is 3.91. The van der Waals surface area contributed by atoms with Gasteiger partial charge in [0, 0.05) is 0 Å². The molecule has 106 valence electrons. The summed E-state index contributed by atoms with van der Waals surface area (Å²) >= 11 is 0. The van der Waals surface area contributed by atoms with Gasteiger partial charge in [0.2, 0.25) is 0 Å². The largest absolute Gasteiger partial charge is 0.288 e. The third-order valence-electron chi connectivity index (χ3n) is 2.21. The molecule has 0 bridgehead atoms. The second-order valence-corrected chi connectivity index (χ2v) is 4.22. The lowest BCUT2D eigenvalue weighted by molar-refractivity contribution is -0.659. The van der Waals surface area contributed by atoms with E-state index in [0.717, 1.165) is 0 Å². The molecule has 0 atom stereocenters. The smallest absolute Gasteiger partial charge is 0.248 e. The molecule has 1 heterocycles. The molecular formula is C16H26FN2+. The van der Waals surface area contributed by atoms with Gasteiger partial charge in [-0.25, -0.2) is 13.5 Å². The molecule has 0 aliphatic heterocycles. The zero-order chi connectivity index (χ0) is 14.8. The Morgan fingerprint density at radius 3 is 1.95 bits per heavy atom. The number of alkyl halides is 1. The molecular weight excluding hydrogens is 239 g/mol. The topological polar surface area (TPSA) is 8.81 Å². The van der Waals surface area contributed by atoms with Crippen LogP contribution < -0.4 is 4.57 Å². The molecule has 2 aromatic rings. The van der Waals surface area contributed by atoms with Crippen molar-refractivity contribution >= 4 is 0 Å². The first-order valence-corrected chi connectivity index (χ1v) is 6.72. The Hall–Kier alpha value is -1.64. The van der Waals surface area contributed by atoms with Crippen LogP contribution in [-0.2, 0) is 14.1 Å². The maximum Gasteiger partial charge on any atom is 0.288 e. The molecule has 0 saturated heterocycles. The highest BCUT2D eigenvalue weighted by molar-refractivity contribution is 5.51. The summed E-state index contributed by atoms with van der Waals surface area (Å²) in [5.41, 5.74) is 1.25. The molecule has 0 unspecified atom stereocenters. The van der Waals surface area contributed by atoms with Crippen molar-refractivity contribution in [3.8, 4) is 11.4 Å². The molecule has 0 aliphatic carbocycles. The van der Waals surface area contributed by atoms with Gasteiger partial charge in [-0.1, -0.05) is 32.0 Å². The fourth-order valence-corrected chi connectivity index (χ4v) is 1.58. The summed E-state index contributed by atoms with van der Waals surface area (Å²) in [4.78, 5) is 0. The van der Waals surface area contributed by atoms with Crippen molar-refractivity contribution in [2.45, 2.75) is 33.9 Å². The summed E-state index contributed by atoms with van der Waals surface area (Å²) < 4.78 is 15.2. The third-order valence-corrected chi connectivity index (χ3v) is 2.21. The first-order valence-electron chi connectivity index (χ1n) is 6.72. The molecule has 0 spiro atoms. The van der Waals surface area contributed by atoms with Gasteiger partial charge in [-0.15, -0.1) is 0 Å². The second kappa shape index (κ2) is 9.31. The van der Waals surface area contributed by atoms with Crippen molar-refractivity contribution in [3.63, 3.8) is 0 Å². The molecule has 0 saturated carbocycles. The molecule has 0 fully saturated rings. The third kappa shape index (κ3) is 6.18. The minimum atomic E-state index is -0.667. The number of benzene rings is 1. The van der Waals surface area contributed by atoms with E-state index >= 15 is 0 Å². The highest BCUT2D eigenvalue weighted by Crippen LogP contribution is 2.13. The van der Waals surface area contributed by atoms with Gasteiger partial charge in [-0.3, -0.25) is 0 Å². The lowest BCUT2D eigenvalue weighted by Crippen LogP contribution is -2.28. The van der Waals surface area contributed by atoms with E-state index in [1.165, 1.54) is 25.2 Å². The van der Waals surface area contributed by atoms with Crippen molar-refractivity contribution in [1.82, 2.24) is 4.57 Å². The van der Waals surface area contributed by atoms with Crippen LogP contribution in [0.2, 0.25) is 0 Å². The average molecular weight is 265 g/mol. The summed E-state index contributed by atoms with van der Waals surface area (Å²) in [5.74, 6) is 1.22. The SMILES string of the molecule is CC.CC(C)F.Cn1cc[n+](C)c1-c1ccccc1. The maximum atomic E-state index is 11.0. The fraction of sp³-hybridized carbons (Fsp3) is 0.438. The number of aryl methyl sites for hydroxylation is 2. The Morgan fingerprint density at radius 1 is 1.11 bits per heavy atom. The van der Waals surface area contributed by atoms with Crippen LogP contribution in [-0.4, -0.2) is 10.7 Å². The molecule has 0 aliphatic rings. The highest BCUT2D eigenvalue weighted by Gasteiger charge is 2.12. The first-order chi connectivity index (χ1) is 9.02. The molecule has 19 heavy (non-hydrogen) atoms. The van der Waals surface area contributed by atoms with E-state index in [0.29, 0.717) is 0 Å². The maximum absolute atomic E-state index is 11.0. The van der Waals surface area contributed by atoms with E-state index in [1.54, 1.807) is 0 Å². The van der Waals surface area contributed by atoms with E-state index in [1.807, 2.05) is 19.9 Å². The Morgan fingerprint density at radius 2 is 1.58 bits per heavy atom. The van der Waals surface area contributed by atoms with E-state index in [-0.39, 0.29) is 0 Å². The number of hydrogen-bond acceptors (Lipinski definition) is 0. The van der Waals surface area contributed by atoms with E-state index in [2.05, 4.69) is 59.9 Å². The van der Waals surface area contributed by atoms with Crippen LogP contribution in [0.15, 0.2) is 42.7 Å². The fourth-order valence-electron chi connectivity index (χ4n) is 1.58. The van der Waals surface area contributed by atoms with E-state index < -0.39 is 6.17 Å². The van der Waals surface area contributed by atoms with Crippen molar-refractivity contribution in [2.24, 2.45) is 14.1 Å². The molecule has 3 heteroatoms. The Kier molecular flexibility index (Phi) is 8.51. The zero-order valence-electron chi connectivity index (χ0n) is 12.9. The van der Waals surface area contributed by atoms with Gasteiger partial charge in [0.05, 0.1) is 25.8 Å². The predicted molar refractivity (Wildman–Crippen MR) is 79.6 cm³/mol. The van der Waals surface area contributed by atoms with E-state index in [4.69, 9.17) is 0 Å². The Balaban J connectivity index is 0.000000467. The number of nitrogens with zero attached hydrogens (tertiary/aromatic N) is 2. The van der Waals surface area contributed by atoms with Crippen LogP contribution in [0.5, 0.6) is 0 Å². The van der Waals surface area contributed by atoms with Gasteiger partial charge in [0.25, 0.3) is 5.82 Å². The average Bonchev–Trinajstić information content (AvgIpc) is 2.72. The Labute approximate surface area is 116 Å². The van der Waals surface area contributed by atoms with Crippen LogP contribution >= 0.6 is 0 Å². The summed E-state index contributed by atoms with van der Waals surface area (Å²) in [7, 11) is 4.12. The monoisotopic (exact) mass is 265 g/mol. The standard InChI is InChI=1S/C11H13N2.C3H7F.C2H6/c1-12-8-9-13(2)11(12)10-6-4-3-5-7-10;1-3(2)4;1-2/h3-9H,1-2H3;3H,1-2H3;1-2H3/q+1;;. The summed E-state index contributed by atoms with van der Waals surface area (Å²) in [6.07, 6.45) is 3.45. The molecule has 0 N–H and O–H groups in total. The quantitative estimate of drug-likeness (QED) is 0.691. The van der Waals surface area contributed by atoms with Crippen molar-refractivity contribution in [3.05, 3.63) is 42.7 Å². The van der Waals surface area contributed by atoms with Gasteiger partial charge < -0.3 is 0 Å². The lowest BCUT2D eigenvalue weighted by Gasteiger charge is -1.97. The van der Waals surface area contributed by atoms with E-state index in [9.17, 15) is 4.39 Å². The zero-order valence-corrected chi connectivity index (χ0v) is 12.9. The summed E-state index contributed by atoms with van der Waals surface area (Å²) in [5, 5.41) is 0. The molecule has 2 rings (SSSR count). The molecule has 2 nitrogen and oxygen atoms in total. The normalized spacial score (nSPS) is 9.26. The van der Waals surface area contributed by atoms with Gasteiger partial charge in [-0.2, -0.15) is 0 Å². The number of aromatic nitrogens is 2. The lowest BCUT2D eigenvalue weighted by atomic mass is 10.2. The summed E-state index contributed by atoms with van der Waals surface area (Å²) in [6.45, 7) is 7.00. The van der Waals surface area contributed by atoms with Crippen LogP contribution in [0.1, 0.15) is 27.7 Å². The Bertz CT molecular complexity index is 425. The van der Waals surface area contributed by atoms with Gasteiger partial charge in [0.1, 0.15) is 12.4 Å². The van der Waals surface area contributed by atoms with Gasteiger partial charge in [-0.05, 0) is 26.0 Å².